The van der Waals surface area contributed by atoms with Crippen molar-refractivity contribution in [2.45, 2.75) is 31.7 Å². The van der Waals surface area contributed by atoms with E-state index in [0.717, 1.165) is 36.5 Å². The SMILES string of the molecule is N#CCC1CCCCN1c1ccc(-c2cc[nH]c2)nn1. The van der Waals surface area contributed by atoms with Gasteiger partial charge in [-0.15, -0.1) is 10.2 Å². The van der Waals surface area contributed by atoms with Gasteiger partial charge in [-0.05, 0) is 37.5 Å². The van der Waals surface area contributed by atoms with Crippen LogP contribution < -0.4 is 4.90 Å². The number of nitrogens with zero attached hydrogens (tertiary/aromatic N) is 4. The highest BCUT2D eigenvalue weighted by Gasteiger charge is 2.23. The summed E-state index contributed by atoms with van der Waals surface area (Å²) in [4.78, 5) is 5.24. The van der Waals surface area contributed by atoms with Crippen molar-refractivity contribution in [2.24, 2.45) is 0 Å². The predicted octanol–water partition coefficient (Wildman–Crippen LogP) is 2.74. The molecule has 2 aromatic rings. The Balaban J connectivity index is 1.81. The van der Waals surface area contributed by atoms with Crippen LogP contribution in [0.4, 0.5) is 5.82 Å². The summed E-state index contributed by atoms with van der Waals surface area (Å²) in [6.07, 6.45) is 7.75. The fourth-order valence-electron chi connectivity index (χ4n) is 2.74. The fourth-order valence-corrected chi connectivity index (χ4v) is 2.74. The molecule has 102 valence electrons. The van der Waals surface area contributed by atoms with Gasteiger partial charge in [0.1, 0.15) is 0 Å². The molecule has 5 heteroatoms. The molecule has 2 aromatic heterocycles. The number of aromatic nitrogens is 3. The first-order chi connectivity index (χ1) is 9.88. The van der Waals surface area contributed by atoms with E-state index in [1.54, 1.807) is 0 Å². The van der Waals surface area contributed by atoms with Gasteiger partial charge in [-0.2, -0.15) is 5.26 Å². The Morgan fingerprint density at radius 1 is 1.30 bits per heavy atom. The fraction of sp³-hybridized carbons (Fsp3) is 0.400. The Bertz CT molecular complexity index is 582. The third-order valence-corrected chi connectivity index (χ3v) is 3.79. The second-order valence-corrected chi connectivity index (χ2v) is 5.08. The first-order valence-corrected chi connectivity index (χ1v) is 6.99. The van der Waals surface area contributed by atoms with Crippen molar-refractivity contribution in [1.82, 2.24) is 15.2 Å². The molecule has 0 radical (unpaired) electrons. The van der Waals surface area contributed by atoms with Crippen molar-refractivity contribution in [3.05, 3.63) is 30.6 Å². The Morgan fingerprint density at radius 3 is 2.95 bits per heavy atom. The summed E-state index contributed by atoms with van der Waals surface area (Å²) in [6.45, 7) is 0.963. The molecule has 1 unspecified atom stereocenters. The number of hydrogen-bond donors (Lipinski definition) is 1. The lowest BCUT2D eigenvalue weighted by Crippen LogP contribution is -2.40. The van der Waals surface area contributed by atoms with Crippen LogP contribution in [0.5, 0.6) is 0 Å². The average Bonchev–Trinajstić information content (AvgIpc) is 3.03. The largest absolute Gasteiger partial charge is 0.367 e. The van der Waals surface area contributed by atoms with Gasteiger partial charge in [-0.1, -0.05) is 0 Å². The Labute approximate surface area is 118 Å². The highest BCUT2D eigenvalue weighted by atomic mass is 15.3. The molecule has 1 N–H and O–H groups in total. The Morgan fingerprint density at radius 2 is 2.25 bits per heavy atom. The van der Waals surface area contributed by atoms with Crippen molar-refractivity contribution in [3.63, 3.8) is 0 Å². The Hall–Kier alpha value is -2.35. The number of hydrogen-bond acceptors (Lipinski definition) is 4. The van der Waals surface area contributed by atoms with E-state index >= 15 is 0 Å². The maximum Gasteiger partial charge on any atom is 0.151 e. The molecule has 0 bridgehead atoms. The van der Waals surface area contributed by atoms with Crippen molar-refractivity contribution in [2.75, 3.05) is 11.4 Å². The van der Waals surface area contributed by atoms with Gasteiger partial charge in [0.2, 0.25) is 0 Å². The monoisotopic (exact) mass is 267 g/mol. The molecule has 0 aromatic carbocycles. The molecule has 1 aliphatic heterocycles. The van der Waals surface area contributed by atoms with Crippen molar-refractivity contribution < 1.29 is 0 Å². The molecule has 0 aliphatic carbocycles. The van der Waals surface area contributed by atoms with Crippen LogP contribution in [0.15, 0.2) is 30.6 Å². The van der Waals surface area contributed by atoms with Crippen LogP contribution in [-0.4, -0.2) is 27.8 Å². The van der Waals surface area contributed by atoms with Crippen LogP contribution in [0.3, 0.4) is 0 Å². The summed E-state index contributed by atoms with van der Waals surface area (Å²) in [5.41, 5.74) is 1.90. The topological polar surface area (TPSA) is 68.6 Å². The van der Waals surface area contributed by atoms with Crippen LogP contribution in [0, 0.1) is 11.3 Å². The number of H-pyrrole nitrogens is 1. The van der Waals surface area contributed by atoms with E-state index in [2.05, 4.69) is 26.2 Å². The minimum absolute atomic E-state index is 0.279. The smallest absolute Gasteiger partial charge is 0.151 e. The second kappa shape index (κ2) is 5.74. The maximum absolute atomic E-state index is 8.94. The first-order valence-electron chi connectivity index (χ1n) is 6.99. The summed E-state index contributed by atoms with van der Waals surface area (Å²) in [6, 6.07) is 8.53. The van der Waals surface area contributed by atoms with E-state index in [0.29, 0.717) is 6.42 Å². The van der Waals surface area contributed by atoms with Gasteiger partial charge in [-0.25, -0.2) is 0 Å². The molecule has 0 saturated carbocycles. The van der Waals surface area contributed by atoms with Crippen LogP contribution in [0.2, 0.25) is 0 Å². The third-order valence-electron chi connectivity index (χ3n) is 3.79. The first kappa shape index (κ1) is 12.7. The molecule has 1 saturated heterocycles. The predicted molar refractivity (Wildman–Crippen MR) is 77.0 cm³/mol. The zero-order valence-corrected chi connectivity index (χ0v) is 11.3. The molecule has 1 atom stereocenters. The summed E-state index contributed by atoms with van der Waals surface area (Å²) in [5, 5.41) is 17.6. The standard InChI is InChI=1S/C15H17N5/c16-8-6-13-3-1-2-10-20(13)15-5-4-14(18-19-15)12-7-9-17-11-12/h4-5,7,9,11,13,17H,1-3,6,10H2. The molecule has 3 heterocycles. The molecular formula is C15H17N5. The van der Waals surface area contributed by atoms with E-state index in [1.807, 2.05) is 30.6 Å². The van der Waals surface area contributed by atoms with E-state index < -0.39 is 0 Å². The lowest BCUT2D eigenvalue weighted by atomic mass is 10.00. The molecule has 3 rings (SSSR count). The van der Waals surface area contributed by atoms with Crippen LogP contribution in [0.25, 0.3) is 11.3 Å². The van der Waals surface area contributed by atoms with Crippen LogP contribution >= 0.6 is 0 Å². The zero-order chi connectivity index (χ0) is 13.8. The molecule has 0 amide bonds. The number of nitriles is 1. The highest BCUT2D eigenvalue weighted by molar-refractivity contribution is 5.58. The molecular weight excluding hydrogens is 250 g/mol. The minimum atomic E-state index is 0.279. The molecule has 20 heavy (non-hydrogen) atoms. The quantitative estimate of drug-likeness (QED) is 0.928. The summed E-state index contributed by atoms with van der Waals surface area (Å²) in [7, 11) is 0. The molecule has 0 spiro atoms. The average molecular weight is 267 g/mol. The third kappa shape index (κ3) is 2.50. The van der Waals surface area contributed by atoms with Gasteiger partial charge in [0.15, 0.2) is 5.82 Å². The van der Waals surface area contributed by atoms with Gasteiger partial charge < -0.3 is 9.88 Å². The van der Waals surface area contributed by atoms with Crippen molar-refractivity contribution in [3.8, 4) is 17.3 Å². The number of aromatic amines is 1. The Kier molecular flexibility index (Phi) is 3.64. The van der Waals surface area contributed by atoms with E-state index in [4.69, 9.17) is 5.26 Å². The maximum atomic E-state index is 8.94. The van der Waals surface area contributed by atoms with Gasteiger partial charge in [0.05, 0.1) is 18.2 Å². The van der Waals surface area contributed by atoms with Crippen LogP contribution in [0.1, 0.15) is 25.7 Å². The lowest BCUT2D eigenvalue weighted by molar-refractivity contribution is 0.460. The van der Waals surface area contributed by atoms with Crippen molar-refractivity contribution >= 4 is 5.82 Å². The van der Waals surface area contributed by atoms with E-state index in [9.17, 15) is 0 Å². The van der Waals surface area contributed by atoms with E-state index in [1.165, 1.54) is 6.42 Å². The second-order valence-electron chi connectivity index (χ2n) is 5.08. The molecule has 5 nitrogen and oxygen atoms in total. The number of piperidine rings is 1. The number of rotatable bonds is 3. The summed E-state index contributed by atoms with van der Waals surface area (Å²) in [5.74, 6) is 0.879. The zero-order valence-electron chi connectivity index (χ0n) is 11.3. The van der Waals surface area contributed by atoms with Gasteiger partial charge in [-0.3, -0.25) is 0 Å². The minimum Gasteiger partial charge on any atom is -0.367 e. The number of anilines is 1. The lowest BCUT2D eigenvalue weighted by Gasteiger charge is -2.35. The van der Waals surface area contributed by atoms with Gasteiger partial charge in [0, 0.05) is 30.5 Å². The van der Waals surface area contributed by atoms with Crippen molar-refractivity contribution in [1.29, 1.82) is 5.26 Å². The normalized spacial score (nSPS) is 18.8. The van der Waals surface area contributed by atoms with E-state index in [-0.39, 0.29) is 6.04 Å². The summed E-state index contributed by atoms with van der Waals surface area (Å²) < 4.78 is 0. The summed E-state index contributed by atoms with van der Waals surface area (Å²) >= 11 is 0. The van der Waals surface area contributed by atoms with Crippen LogP contribution in [-0.2, 0) is 0 Å². The number of nitrogens with one attached hydrogen (secondary N) is 1. The molecule has 1 fully saturated rings. The van der Waals surface area contributed by atoms with Gasteiger partial charge >= 0.3 is 0 Å². The van der Waals surface area contributed by atoms with Gasteiger partial charge in [0.25, 0.3) is 0 Å². The molecule has 1 aliphatic rings. The highest BCUT2D eigenvalue weighted by Crippen LogP contribution is 2.25.